The molecule has 17 heavy (non-hydrogen) atoms. The van der Waals surface area contributed by atoms with E-state index in [2.05, 4.69) is 40.1 Å². The second-order valence-electron chi connectivity index (χ2n) is 4.69. The Bertz CT molecular complexity index is 379. The van der Waals surface area contributed by atoms with E-state index in [1.807, 2.05) is 13.0 Å². The molecule has 0 radical (unpaired) electrons. The lowest BCUT2D eigenvalue weighted by molar-refractivity contribution is 0.0953. The molecule has 3 nitrogen and oxygen atoms in total. The summed E-state index contributed by atoms with van der Waals surface area (Å²) in [4.78, 5) is 16.1. The monoisotopic (exact) mass is 298 g/mol. The van der Waals surface area contributed by atoms with E-state index in [-0.39, 0.29) is 5.91 Å². The molecular weight excluding hydrogens is 280 g/mol. The molecule has 0 fully saturated rings. The molecule has 0 bridgehead atoms. The van der Waals surface area contributed by atoms with Crippen LogP contribution in [0.1, 0.15) is 36.2 Å². The number of hydrogen-bond acceptors (Lipinski definition) is 2. The summed E-state index contributed by atoms with van der Waals surface area (Å²) >= 11 is 3.56. The fourth-order valence-electron chi connectivity index (χ4n) is 1.58. The minimum atomic E-state index is -0.0607. The van der Waals surface area contributed by atoms with Crippen LogP contribution < -0.4 is 5.32 Å². The van der Waals surface area contributed by atoms with Crippen LogP contribution in [0.3, 0.4) is 0 Å². The average molecular weight is 299 g/mol. The van der Waals surface area contributed by atoms with Crippen LogP contribution in [0.25, 0.3) is 0 Å². The molecule has 1 unspecified atom stereocenters. The first kappa shape index (κ1) is 14.2. The quantitative estimate of drug-likeness (QED) is 0.849. The number of nitrogens with zero attached hydrogens (tertiary/aromatic N) is 1. The molecule has 1 aromatic heterocycles. The number of aromatic nitrogens is 1. The lowest BCUT2D eigenvalue weighted by Gasteiger charge is -2.13. The highest BCUT2D eigenvalue weighted by atomic mass is 79.9. The maximum atomic E-state index is 11.8. The van der Waals surface area contributed by atoms with Gasteiger partial charge >= 0.3 is 0 Å². The van der Waals surface area contributed by atoms with Gasteiger partial charge < -0.3 is 5.32 Å². The highest BCUT2D eigenvalue weighted by Crippen LogP contribution is 2.11. The van der Waals surface area contributed by atoms with Gasteiger partial charge in [0, 0.05) is 23.8 Å². The van der Waals surface area contributed by atoms with E-state index in [9.17, 15) is 4.79 Å². The second kappa shape index (κ2) is 6.74. The molecular formula is C13H19BrN2O. The molecule has 0 aliphatic carbocycles. The molecule has 0 aliphatic rings. The second-order valence-corrected chi connectivity index (χ2v) is 5.98. The molecule has 0 saturated carbocycles. The Morgan fingerprint density at radius 2 is 2.18 bits per heavy atom. The van der Waals surface area contributed by atoms with E-state index >= 15 is 0 Å². The predicted molar refractivity (Wildman–Crippen MR) is 73.5 cm³/mol. The van der Waals surface area contributed by atoms with E-state index in [4.69, 9.17) is 0 Å². The number of nitrogens with one attached hydrogen (secondary N) is 1. The fourth-order valence-corrected chi connectivity index (χ4v) is 2.49. The Labute approximate surface area is 111 Å². The third kappa shape index (κ3) is 5.31. The number of alkyl halides is 1. The molecule has 1 N–H and O–H groups in total. The summed E-state index contributed by atoms with van der Waals surface area (Å²) in [6, 6.07) is 1.84. The van der Waals surface area contributed by atoms with Crippen molar-refractivity contribution in [3.05, 3.63) is 29.6 Å². The van der Waals surface area contributed by atoms with E-state index in [0.29, 0.717) is 22.9 Å². The standard InChI is InChI=1S/C13H19BrN2O/c1-9(2)4-12(14)8-16-13(17)11-5-10(3)6-15-7-11/h5-7,9,12H,4,8H2,1-3H3,(H,16,17). The third-order valence-electron chi connectivity index (χ3n) is 2.35. The number of amides is 1. The van der Waals surface area contributed by atoms with Gasteiger partial charge in [0.1, 0.15) is 0 Å². The van der Waals surface area contributed by atoms with Crippen LogP contribution >= 0.6 is 15.9 Å². The third-order valence-corrected chi connectivity index (χ3v) is 3.05. The van der Waals surface area contributed by atoms with Gasteiger partial charge in [-0.1, -0.05) is 29.8 Å². The topological polar surface area (TPSA) is 42.0 Å². The van der Waals surface area contributed by atoms with Gasteiger partial charge in [-0.25, -0.2) is 0 Å². The van der Waals surface area contributed by atoms with Crippen LogP contribution in [0.4, 0.5) is 0 Å². The SMILES string of the molecule is Cc1cncc(C(=O)NCC(Br)CC(C)C)c1. The van der Waals surface area contributed by atoms with Crippen LogP contribution in [-0.4, -0.2) is 22.3 Å². The molecule has 94 valence electrons. The molecule has 1 atom stereocenters. The van der Waals surface area contributed by atoms with Crippen LogP contribution in [0.5, 0.6) is 0 Å². The predicted octanol–water partition coefficient (Wildman–Crippen LogP) is 2.93. The van der Waals surface area contributed by atoms with Crippen molar-refractivity contribution in [2.45, 2.75) is 32.0 Å². The molecule has 1 amide bonds. The van der Waals surface area contributed by atoms with Gasteiger partial charge in [-0.05, 0) is 30.9 Å². The van der Waals surface area contributed by atoms with Crippen LogP contribution in [0.15, 0.2) is 18.5 Å². The zero-order valence-corrected chi connectivity index (χ0v) is 12.1. The smallest absolute Gasteiger partial charge is 0.252 e. The minimum Gasteiger partial charge on any atom is -0.351 e. The highest BCUT2D eigenvalue weighted by Gasteiger charge is 2.10. The lowest BCUT2D eigenvalue weighted by Crippen LogP contribution is -2.30. The van der Waals surface area contributed by atoms with Gasteiger partial charge in [-0.2, -0.15) is 0 Å². The Kier molecular flexibility index (Phi) is 5.62. The summed E-state index contributed by atoms with van der Waals surface area (Å²) in [7, 11) is 0. The number of carbonyl (C=O) groups is 1. The summed E-state index contributed by atoms with van der Waals surface area (Å²) in [5.41, 5.74) is 1.62. The molecule has 0 aromatic carbocycles. The van der Waals surface area contributed by atoms with Gasteiger partial charge in [0.25, 0.3) is 5.91 Å². The maximum Gasteiger partial charge on any atom is 0.252 e. The van der Waals surface area contributed by atoms with Crippen molar-refractivity contribution in [3.8, 4) is 0 Å². The highest BCUT2D eigenvalue weighted by molar-refractivity contribution is 9.09. The number of aryl methyl sites for hydroxylation is 1. The summed E-state index contributed by atoms with van der Waals surface area (Å²) < 4.78 is 0. The summed E-state index contributed by atoms with van der Waals surface area (Å²) in [5, 5.41) is 2.91. The first-order valence-corrected chi connectivity index (χ1v) is 6.74. The van der Waals surface area contributed by atoms with E-state index in [1.165, 1.54) is 0 Å². The Hall–Kier alpha value is -0.900. The maximum absolute atomic E-state index is 11.8. The first-order valence-electron chi connectivity index (χ1n) is 5.83. The number of rotatable bonds is 5. The number of pyridine rings is 1. The summed E-state index contributed by atoms with van der Waals surface area (Å²) in [5.74, 6) is 0.561. The Morgan fingerprint density at radius 3 is 2.76 bits per heavy atom. The van der Waals surface area contributed by atoms with E-state index in [1.54, 1.807) is 12.4 Å². The average Bonchev–Trinajstić information content (AvgIpc) is 2.25. The van der Waals surface area contributed by atoms with Gasteiger partial charge in [0.2, 0.25) is 0 Å². The molecule has 0 aliphatic heterocycles. The van der Waals surface area contributed by atoms with Gasteiger partial charge in [0.05, 0.1) is 5.56 Å². The van der Waals surface area contributed by atoms with E-state index < -0.39 is 0 Å². The number of carbonyl (C=O) groups excluding carboxylic acids is 1. The molecule has 4 heteroatoms. The Balaban J connectivity index is 2.45. The zero-order valence-electron chi connectivity index (χ0n) is 10.5. The molecule has 1 heterocycles. The fraction of sp³-hybridized carbons (Fsp3) is 0.538. The van der Waals surface area contributed by atoms with Crippen molar-refractivity contribution in [2.75, 3.05) is 6.54 Å². The van der Waals surface area contributed by atoms with E-state index in [0.717, 1.165) is 12.0 Å². The largest absolute Gasteiger partial charge is 0.351 e. The van der Waals surface area contributed by atoms with Crippen molar-refractivity contribution >= 4 is 21.8 Å². The summed E-state index contributed by atoms with van der Waals surface area (Å²) in [6.45, 7) is 6.90. The van der Waals surface area contributed by atoms with Crippen molar-refractivity contribution in [2.24, 2.45) is 5.92 Å². The van der Waals surface area contributed by atoms with Crippen LogP contribution in [0, 0.1) is 12.8 Å². The van der Waals surface area contributed by atoms with Crippen molar-refractivity contribution < 1.29 is 4.79 Å². The molecule has 1 aromatic rings. The molecule has 1 rings (SSSR count). The van der Waals surface area contributed by atoms with Gasteiger partial charge in [0.15, 0.2) is 0 Å². The van der Waals surface area contributed by atoms with Crippen molar-refractivity contribution in [1.82, 2.24) is 10.3 Å². The minimum absolute atomic E-state index is 0.0607. The number of hydrogen-bond donors (Lipinski definition) is 1. The van der Waals surface area contributed by atoms with Gasteiger partial charge in [-0.15, -0.1) is 0 Å². The van der Waals surface area contributed by atoms with Crippen LogP contribution in [0.2, 0.25) is 0 Å². The molecule has 0 spiro atoms. The first-order chi connectivity index (χ1) is 7.99. The summed E-state index contributed by atoms with van der Waals surface area (Å²) in [6.07, 6.45) is 4.38. The van der Waals surface area contributed by atoms with Crippen molar-refractivity contribution in [3.63, 3.8) is 0 Å². The number of halogens is 1. The normalized spacial score (nSPS) is 12.5. The Morgan fingerprint density at radius 1 is 1.47 bits per heavy atom. The van der Waals surface area contributed by atoms with Crippen LogP contribution in [-0.2, 0) is 0 Å². The lowest BCUT2D eigenvalue weighted by atomic mass is 10.1. The van der Waals surface area contributed by atoms with Crippen molar-refractivity contribution in [1.29, 1.82) is 0 Å². The molecule has 0 saturated heterocycles. The zero-order chi connectivity index (χ0) is 12.8. The van der Waals surface area contributed by atoms with Gasteiger partial charge in [-0.3, -0.25) is 9.78 Å².